The van der Waals surface area contributed by atoms with Crippen molar-refractivity contribution in [3.05, 3.63) is 71.1 Å². The van der Waals surface area contributed by atoms with Crippen molar-refractivity contribution in [3.8, 4) is 34.7 Å². The topological polar surface area (TPSA) is 117 Å². The van der Waals surface area contributed by atoms with E-state index in [1.54, 1.807) is 18.2 Å². The standard InChI is InChI=1S/C20H16N4O3/c1-26-15-8-7-12(9-14(15)25)16-13(10-21)19(22)27-20-17(16)18(23-24-20)11-5-3-2-4-6-11/h2-9,16,25H,22H2,1H3,(H,23,24)/t16-/m1/s1. The fourth-order valence-corrected chi connectivity index (χ4v) is 3.29. The Kier molecular flexibility index (Phi) is 3.94. The van der Waals surface area contributed by atoms with Crippen molar-refractivity contribution in [2.75, 3.05) is 7.11 Å². The number of phenols is 1. The van der Waals surface area contributed by atoms with Gasteiger partial charge in [0, 0.05) is 0 Å². The molecular formula is C20H16N4O3. The minimum atomic E-state index is -0.537. The summed E-state index contributed by atoms with van der Waals surface area (Å²) in [5, 5.41) is 27.1. The molecular weight excluding hydrogens is 344 g/mol. The summed E-state index contributed by atoms with van der Waals surface area (Å²) in [5.74, 6) is 0.0900. The van der Waals surface area contributed by atoms with Crippen LogP contribution >= 0.6 is 0 Å². The van der Waals surface area contributed by atoms with Crippen LogP contribution in [0, 0.1) is 11.3 Å². The number of methoxy groups -OCH3 is 1. The minimum absolute atomic E-state index is 0.00332. The van der Waals surface area contributed by atoms with Crippen LogP contribution in [0.5, 0.6) is 17.4 Å². The highest BCUT2D eigenvalue weighted by molar-refractivity contribution is 5.71. The third kappa shape index (κ3) is 2.64. The summed E-state index contributed by atoms with van der Waals surface area (Å²) >= 11 is 0. The highest BCUT2D eigenvalue weighted by Gasteiger charge is 2.35. The molecule has 0 saturated carbocycles. The Morgan fingerprint density at radius 2 is 2.04 bits per heavy atom. The van der Waals surface area contributed by atoms with Gasteiger partial charge in [-0.1, -0.05) is 36.4 Å². The summed E-state index contributed by atoms with van der Waals surface area (Å²) in [6.07, 6.45) is 0. The van der Waals surface area contributed by atoms with Gasteiger partial charge in [0.15, 0.2) is 11.5 Å². The van der Waals surface area contributed by atoms with Crippen LogP contribution in [0.15, 0.2) is 60.0 Å². The first kappa shape index (κ1) is 16.5. The predicted octanol–water partition coefficient (Wildman–Crippen LogP) is 3.01. The van der Waals surface area contributed by atoms with Gasteiger partial charge in [-0.25, -0.2) is 0 Å². The van der Waals surface area contributed by atoms with Gasteiger partial charge in [-0.05, 0) is 23.3 Å². The van der Waals surface area contributed by atoms with E-state index in [0.717, 1.165) is 11.3 Å². The Labute approximate surface area is 155 Å². The number of nitrogens with one attached hydrogen (secondary N) is 1. The van der Waals surface area contributed by atoms with E-state index in [1.807, 2.05) is 30.3 Å². The molecule has 0 spiro atoms. The number of aromatic nitrogens is 2. The number of allylic oxidation sites excluding steroid dienone is 1. The summed E-state index contributed by atoms with van der Waals surface area (Å²) in [6, 6.07) is 16.7. The second-order valence-corrected chi connectivity index (χ2v) is 6.04. The zero-order valence-corrected chi connectivity index (χ0v) is 14.4. The largest absolute Gasteiger partial charge is 0.504 e. The highest BCUT2D eigenvalue weighted by Crippen LogP contribution is 2.46. The second-order valence-electron chi connectivity index (χ2n) is 6.04. The number of rotatable bonds is 3. The first-order chi connectivity index (χ1) is 13.1. The Balaban J connectivity index is 1.94. The number of ether oxygens (including phenoxy) is 2. The first-order valence-electron chi connectivity index (χ1n) is 8.22. The quantitative estimate of drug-likeness (QED) is 0.661. The van der Waals surface area contributed by atoms with Crippen molar-refractivity contribution in [1.29, 1.82) is 5.26 Å². The maximum absolute atomic E-state index is 10.2. The second kappa shape index (κ2) is 6.42. The number of fused-ring (bicyclic) bond motifs is 1. The lowest BCUT2D eigenvalue weighted by molar-refractivity contribution is 0.371. The fraction of sp³-hybridized carbons (Fsp3) is 0.100. The van der Waals surface area contributed by atoms with Gasteiger partial charge < -0.3 is 20.3 Å². The number of nitriles is 1. The molecule has 0 fully saturated rings. The first-order valence-corrected chi connectivity index (χ1v) is 8.22. The maximum atomic E-state index is 10.2. The predicted molar refractivity (Wildman–Crippen MR) is 98.0 cm³/mol. The zero-order chi connectivity index (χ0) is 19.0. The van der Waals surface area contributed by atoms with Crippen LogP contribution in [0.3, 0.4) is 0 Å². The van der Waals surface area contributed by atoms with E-state index >= 15 is 0 Å². The van der Waals surface area contributed by atoms with Crippen molar-refractivity contribution in [2.24, 2.45) is 5.73 Å². The number of benzene rings is 2. The minimum Gasteiger partial charge on any atom is -0.504 e. The fourth-order valence-electron chi connectivity index (χ4n) is 3.29. The number of aromatic amines is 1. The average Bonchev–Trinajstić information content (AvgIpc) is 3.10. The van der Waals surface area contributed by atoms with Gasteiger partial charge in [-0.15, -0.1) is 5.10 Å². The summed E-state index contributed by atoms with van der Waals surface area (Å²) in [4.78, 5) is 0. The Bertz CT molecular complexity index is 1080. The Hall–Kier alpha value is -3.92. The summed E-state index contributed by atoms with van der Waals surface area (Å²) in [6.45, 7) is 0. The third-order valence-electron chi connectivity index (χ3n) is 4.54. The molecule has 1 aromatic heterocycles. The molecule has 0 amide bonds. The van der Waals surface area contributed by atoms with Crippen LogP contribution in [0.4, 0.5) is 0 Å². The molecule has 27 heavy (non-hydrogen) atoms. The summed E-state index contributed by atoms with van der Waals surface area (Å²) in [7, 11) is 1.48. The molecule has 0 aliphatic carbocycles. The van der Waals surface area contributed by atoms with Crippen LogP contribution in [0.1, 0.15) is 17.0 Å². The highest BCUT2D eigenvalue weighted by atomic mass is 16.5. The smallest absolute Gasteiger partial charge is 0.244 e. The van der Waals surface area contributed by atoms with Crippen LogP contribution < -0.4 is 15.2 Å². The van der Waals surface area contributed by atoms with E-state index < -0.39 is 5.92 Å². The number of phenolic OH excluding ortho intramolecular Hbond substituents is 1. The van der Waals surface area contributed by atoms with E-state index in [-0.39, 0.29) is 17.2 Å². The lowest BCUT2D eigenvalue weighted by Crippen LogP contribution is -2.21. The van der Waals surface area contributed by atoms with Gasteiger partial charge in [0.1, 0.15) is 11.6 Å². The molecule has 1 aliphatic rings. The number of H-pyrrole nitrogens is 1. The molecule has 4 rings (SSSR count). The van der Waals surface area contributed by atoms with E-state index in [0.29, 0.717) is 22.8 Å². The van der Waals surface area contributed by atoms with Crippen LogP contribution in [-0.2, 0) is 0 Å². The maximum Gasteiger partial charge on any atom is 0.244 e. The van der Waals surface area contributed by atoms with Crippen molar-refractivity contribution < 1.29 is 14.6 Å². The lowest BCUT2D eigenvalue weighted by atomic mass is 9.83. The number of hydrogen-bond acceptors (Lipinski definition) is 6. The molecule has 7 heteroatoms. The van der Waals surface area contributed by atoms with Gasteiger partial charge in [0.25, 0.3) is 0 Å². The van der Waals surface area contributed by atoms with Crippen LogP contribution in [0.2, 0.25) is 0 Å². The van der Waals surface area contributed by atoms with Crippen LogP contribution in [-0.4, -0.2) is 22.4 Å². The zero-order valence-electron chi connectivity index (χ0n) is 14.4. The molecule has 2 aromatic carbocycles. The molecule has 0 radical (unpaired) electrons. The molecule has 2 heterocycles. The molecule has 3 aromatic rings. The molecule has 4 N–H and O–H groups in total. The van der Waals surface area contributed by atoms with Crippen LogP contribution in [0.25, 0.3) is 11.3 Å². The monoisotopic (exact) mass is 360 g/mol. The van der Waals surface area contributed by atoms with Gasteiger partial charge in [-0.3, -0.25) is 5.10 Å². The van der Waals surface area contributed by atoms with E-state index in [4.69, 9.17) is 15.2 Å². The van der Waals surface area contributed by atoms with Crippen molar-refractivity contribution in [2.45, 2.75) is 5.92 Å². The van der Waals surface area contributed by atoms with Gasteiger partial charge in [0.2, 0.25) is 11.8 Å². The van der Waals surface area contributed by atoms with E-state index in [2.05, 4.69) is 16.3 Å². The van der Waals surface area contributed by atoms with Gasteiger partial charge >= 0.3 is 0 Å². The normalized spacial score (nSPS) is 15.6. The molecule has 134 valence electrons. The molecule has 0 bridgehead atoms. The molecule has 0 saturated heterocycles. The lowest BCUT2D eigenvalue weighted by Gasteiger charge is -2.24. The summed E-state index contributed by atoms with van der Waals surface area (Å²) < 4.78 is 10.7. The average molecular weight is 360 g/mol. The number of aromatic hydroxyl groups is 1. The van der Waals surface area contributed by atoms with Gasteiger partial charge in [-0.2, -0.15) is 5.26 Å². The molecule has 1 atom stereocenters. The number of hydrogen-bond donors (Lipinski definition) is 3. The number of nitrogens with zero attached hydrogens (tertiary/aromatic N) is 2. The molecule has 0 unspecified atom stereocenters. The van der Waals surface area contributed by atoms with E-state index in [1.165, 1.54) is 7.11 Å². The number of nitrogens with two attached hydrogens (primary N) is 1. The van der Waals surface area contributed by atoms with Crippen molar-refractivity contribution >= 4 is 0 Å². The Morgan fingerprint density at radius 1 is 1.26 bits per heavy atom. The SMILES string of the molecule is COc1ccc([C@@H]2C(C#N)=C(N)Oc3n[nH]c(-c4ccccc4)c32)cc1O. The third-order valence-corrected chi connectivity index (χ3v) is 4.54. The van der Waals surface area contributed by atoms with Crippen molar-refractivity contribution in [1.82, 2.24) is 10.2 Å². The van der Waals surface area contributed by atoms with E-state index in [9.17, 15) is 10.4 Å². The van der Waals surface area contributed by atoms with Gasteiger partial charge in [0.05, 0.1) is 24.3 Å². The molecule has 7 nitrogen and oxygen atoms in total. The van der Waals surface area contributed by atoms with Crippen molar-refractivity contribution in [3.63, 3.8) is 0 Å². The molecule has 1 aliphatic heterocycles. The summed E-state index contributed by atoms with van der Waals surface area (Å²) in [5.41, 5.74) is 9.22. The Morgan fingerprint density at radius 3 is 2.70 bits per heavy atom.